The van der Waals surface area contributed by atoms with E-state index in [4.69, 9.17) is 4.99 Å². The van der Waals surface area contributed by atoms with Crippen molar-refractivity contribution in [2.24, 2.45) is 4.99 Å². The van der Waals surface area contributed by atoms with Gasteiger partial charge in [0.25, 0.3) is 0 Å². The summed E-state index contributed by atoms with van der Waals surface area (Å²) in [5.41, 5.74) is 1.19. The van der Waals surface area contributed by atoms with Crippen LogP contribution < -0.4 is 5.32 Å². The van der Waals surface area contributed by atoms with Crippen molar-refractivity contribution in [3.8, 4) is 0 Å². The Labute approximate surface area is 177 Å². The van der Waals surface area contributed by atoms with E-state index in [0.29, 0.717) is 13.1 Å². The third-order valence-electron chi connectivity index (χ3n) is 4.11. The molecule has 6 heteroatoms. The van der Waals surface area contributed by atoms with Crippen molar-refractivity contribution in [3.05, 3.63) is 60.2 Å². The highest BCUT2D eigenvalue weighted by atomic mass is 127. The van der Waals surface area contributed by atoms with Crippen LogP contribution in [0.5, 0.6) is 0 Å². The number of hydrogen-bond donors (Lipinski definition) is 2. The highest BCUT2D eigenvalue weighted by Gasteiger charge is 2.22. The molecule has 4 nitrogen and oxygen atoms in total. The maximum atomic E-state index is 9.73. The molecule has 0 radical (unpaired) electrons. The van der Waals surface area contributed by atoms with E-state index in [0.717, 1.165) is 25.5 Å². The zero-order valence-electron chi connectivity index (χ0n) is 15.0. The highest BCUT2D eigenvalue weighted by Crippen LogP contribution is 2.27. The van der Waals surface area contributed by atoms with Crippen LogP contribution >= 0.6 is 35.7 Å². The van der Waals surface area contributed by atoms with Crippen molar-refractivity contribution in [3.63, 3.8) is 0 Å². The summed E-state index contributed by atoms with van der Waals surface area (Å²) in [6, 6.07) is 19.0. The molecule has 0 saturated carbocycles. The van der Waals surface area contributed by atoms with Crippen molar-refractivity contribution in [2.75, 3.05) is 19.6 Å². The van der Waals surface area contributed by atoms with Gasteiger partial charge in [-0.15, -0.1) is 24.0 Å². The molecular weight excluding hydrogens is 457 g/mol. The minimum atomic E-state index is -0.238. The molecule has 1 aliphatic rings. The molecule has 1 saturated heterocycles. The molecule has 0 aromatic heterocycles. The summed E-state index contributed by atoms with van der Waals surface area (Å²) in [6.07, 6.45) is 0.577. The number of likely N-dealkylation sites (tertiary alicyclic amines) is 1. The van der Waals surface area contributed by atoms with Crippen LogP contribution in [0.3, 0.4) is 0 Å². The maximum Gasteiger partial charge on any atom is 0.194 e. The van der Waals surface area contributed by atoms with Crippen molar-refractivity contribution in [2.45, 2.75) is 35.8 Å². The molecule has 1 aliphatic heterocycles. The van der Waals surface area contributed by atoms with E-state index in [1.165, 1.54) is 15.4 Å². The number of nitrogens with zero attached hydrogens (tertiary/aromatic N) is 2. The fraction of sp³-hybridized carbons (Fsp3) is 0.350. The van der Waals surface area contributed by atoms with E-state index in [2.05, 4.69) is 65.7 Å². The average Bonchev–Trinajstić information content (AvgIpc) is 3.07. The van der Waals surface area contributed by atoms with Gasteiger partial charge in [0.2, 0.25) is 0 Å². The number of β-amino-alcohol motifs (C(OH)–C–C–N with tert-alkyl or cyclic N) is 1. The maximum absolute atomic E-state index is 9.73. The molecule has 26 heavy (non-hydrogen) atoms. The van der Waals surface area contributed by atoms with E-state index in [-0.39, 0.29) is 30.1 Å². The summed E-state index contributed by atoms with van der Waals surface area (Å²) in [5, 5.41) is 13.0. The number of aliphatic imine (C=N–C) groups is 1. The third kappa shape index (κ3) is 6.17. The number of benzene rings is 2. The first-order chi connectivity index (χ1) is 12.2. The first-order valence-corrected chi connectivity index (χ1v) is 9.59. The second kappa shape index (κ2) is 10.8. The molecule has 2 N–H and O–H groups in total. The highest BCUT2D eigenvalue weighted by molar-refractivity contribution is 14.0. The second-order valence-electron chi connectivity index (χ2n) is 6.12. The Morgan fingerprint density at radius 2 is 1.85 bits per heavy atom. The number of nitrogens with one attached hydrogen (secondary N) is 1. The number of rotatable bonds is 5. The van der Waals surface area contributed by atoms with Gasteiger partial charge >= 0.3 is 0 Å². The van der Waals surface area contributed by atoms with Crippen molar-refractivity contribution < 1.29 is 5.11 Å². The first-order valence-electron chi connectivity index (χ1n) is 8.78. The molecule has 0 amide bonds. The van der Waals surface area contributed by atoms with Gasteiger partial charge in [-0.2, -0.15) is 0 Å². The van der Waals surface area contributed by atoms with Gasteiger partial charge in [-0.1, -0.05) is 42.1 Å². The molecule has 0 bridgehead atoms. The van der Waals surface area contributed by atoms with Crippen LogP contribution in [-0.4, -0.2) is 41.7 Å². The lowest BCUT2D eigenvalue weighted by Gasteiger charge is -2.20. The summed E-state index contributed by atoms with van der Waals surface area (Å²) >= 11 is 1.77. The number of aliphatic hydroxyl groups is 1. The summed E-state index contributed by atoms with van der Waals surface area (Å²) in [7, 11) is 0. The summed E-state index contributed by atoms with van der Waals surface area (Å²) in [5.74, 6) is 0.891. The Balaban J connectivity index is 0.00000243. The predicted molar refractivity (Wildman–Crippen MR) is 119 cm³/mol. The van der Waals surface area contributed by atoms with Crippen LogP contribution in [0.25, 0.3) is 0 Å². The lowest BCUT2D eigenvalue weighted by atomic mass is 10.2. The van der Waals surface area contributed by atoms with Gasteiger partial charge in [-0.25, -0.2) is 4.99 Å². The SMILES string of the molecule is CCNC(=NCc1ccc(Sc2ccccc2)cc1)N1CC[C@@H](O)C1.I. The Morgan fingerprint density at radius 1 is 1.15 bits per heavy atom. The van der Waals surface area contributed by atoms with Gasteiger partial charge in [0.15, 0.2) is 5.96 Å². The van der Waals surface area contributed by atoms with Gasteiger partial charge < -0.3 is 15.3 Å². The smallest absolute Gasteiger partial charge is 0.194 e. The van der Waals surface area contributed by atoms with Gasteiger partial charge in [-0.05, 0) is 43.2 Å². The molecule has 1 fully saturated rings. The van der Waals surface area contributed by atoms with Gasteiger partial charge in [-0.3, -0.25) is 0 Å². The summed E-state index contributed by atoms with van der Waals surface area (Å²) < 4.78 is 0. The largest absolute Gasteiger partial charge is 0.391 e. The summed E-state index contributed by atoms with van der Waals surface area (Å²) in [4.78, 5) is 9.34. The Bertz CT molecular complexity index is 694. The lowest BCUT2D eigenvalue weighted by molar-refractivity contribution is 0.188. The number of hydrogen-bond acceptors (Lipinski definition) is 3. The Kier molecular flexibility index (Phi) is 8.74. The Hall–Kier alpha value is -1.25. The van der Waals surface area contributed by atoms with Crippen LogP contribution in [0.4, 0.5) is 0 Å². The quantitative estimate of drug-likeness (QED) is 0.384. The monoisotopic (exact) mass is 483 g/mol. The minimum Gasteiger partial charge on any atom is -0.391 e. The van der Waals surface area contributed by atoms with E-state index in [1.807, 2.05) is 6.07 Å². The molecule has 1 atom stereocenters. The molecule has 0 aliphatic carbocycles. The fourth-order valence-electron chi connectivity index (χ4n) is 2.81. The van der Waals surface area contributed by atoms with Crippen LogP contribution in [0, 0.1) is 0 Å². The standard InChI is InChI=1S/C20H25N3OS.HI/c1-2-21-20(23-13-12-17(24)15-23)22-14-16-8-10-19(11-9-16)25-18-6-4-3-5-7-18;/h3-11,17,24H,2,12-15H2,1H3,(H,21,22);1H/t17-;/m1./s1. The number of guanidine groups is 1. The predicted octanol–water partition coefficient (Wildman–Crippen LogP) is 3.99. The fourth-order valence-corrected chi connectivity index (χ4v) is 3.65. The van der Waals surface area contributed by atoms with Gasteiger partial charge in [0.1, 0.15) is 0 Å². The zero-order chi connectivity index (χ0) is 17.5. The molecular formula is C20H26IN3OS. The second-order valence-corrected chi connectivity index (χ2v) is 7.26. The molecule has 2 aromatic carbocycles. The van der Waals surface area contributed by atoms with E-state index in [1.54, 1.807) is 11.8 Å². The molecule has 0 unspecified atom stereocenters. The van der Waals surface area contributed by atoms with E-state index < -0.39 is 0 Å². The molecule has 2 aromatic rings. The summed E-state index contributed by atoms with van der Waals surface area (Å²) in [6.45, 7) is 5.07. The van der Waals surface area contributed by atoms with Crippen molar-refractivity contribution in [1.82, 2.24) is 10.2 Å². The molecule has 140 valence electrons. The Morgan fingerprint density at radius 3 is 2.46 bits per heavy atom. The number of halogens is 1. The molecule has 1 heterocycles. The van der Waals surface area contributed by atoms with Gasteiger partial charge in [0.05, 0.1) is 12.6 Å². The van der Waals surface area contributed by atoms with Crippen molar-refractivity contribution >= 4 is 41.7 Å². The van der Waals surface area contributed by atoms with Crippen molar-refractivity contribution in [1.29, 1.82) is 0 Å². The molecule has 3 rings (SSSR count). The normalized spacial score (nSPS) is 17.1. The van der Waals surface area contributed by atoms with Crippen LogP contribution in [0.2, 0.25) is 0 Å². The first kappa shape index (κ1) is 21.1. The number of aliphatic hydroxyl groups excluding tert-OH is 1. The van der Waals surface area contributed by atoms with Crippen LogP contribution in [0.1, 0.15) is 18.9 Å². The van der Waals surface area contributed by atoms with Crippen LogP contribution in [0.15, 0.2) is 69.4 Å². The third-order valence-corrected chi connectivity index (χ3v) is 5.13. The lowest BCUT2D eigenvalue weighted by Crippen LogP contribution is -2.40. The van der Waals surface area contributed by atoms with E-state index >= 15 is 0 Å². The van der Waals surface area contributed by atoms with Gasteiger partial charge in [0, 0.05) is 29.4 Å². The topological polar surface area (TPSA) is 47.9 Å². The minimum absolute atomic E-state index is 0. The average molecular weight is 483 g/mol. The molecule has 0 spiro atoms. The zero-order valence-corrected chi connectivity index (χ0v) is 18.1. The van der Waals surface area contributed by atoms with Crippen LogP contribution in [-0.2, 0) is 6.54 Å². The van der Waals surface area contributed by atoms with E-state index in [9.17, 15) is 5.11 Å².